The van der Waals surface area contributed by atoms with Gasteiger partial charge in [-0.3, -0.25) is 9.69 Å². The van der Waals surface area contributed by atoms with Gasteiger partial charge < -0.3 is 5.32 Å². The number of benzene rings is 2. The third kappa shape index (κ3) is 4.71. The van der Waals surface area contributed by atoms with Gasteiger partial charge in [0.2, 0.25) is 5.91 Å². The van der Waals surface area contributed by atoms with Crippen LogP contribution in [0.15, 0.2) is 60.7 Å². The Morgan fingerprint density at radius 1 is 1.08 bits per heavy atom. The molecule has 1 heterocycles. The quantitative estimate of drug-likeness (QED) is 0.842. The minimum absolute atomic E-state index is 0.0449. The van der Waals surface area contributed by atoms with Gasteiger partial charge in [-0.05, 0) is 24.6 Å². The van der Waals surface area contributed by atoms with Crippen molar-refractivity contribution in [2.45, 2.75) is 18.5 Å². The van der Waals surface area contributed by atoms with Crippen LogP contribution in [-0.2, 0) is 14.6 Å². The molecule has 1 saturated heterocycles. The van der Waals surface area contributed by atoms with E-state index < -0.39 is 9.84 Å². The molecule has 0 saturated carbocycles. The molecule has 3 rings (SSSR count). The van der Waals surface area contributed by atoms with Crippen LogP contribution >= 0.6 is 0 Å². The maximum absolute atomic E-state index is 12.4. The minimum Gasteiger partial charge on any atom is -0.351 e. The summed E-state index contributed by atoms with van der Waals surface area (Å²) in [4.78, 5) is 14.4. The maximum atomic E-state index is 12.4. The lowest BCUT2D eigenvalue weighted by Gasteiger charge is -2.29. The van der Waals surface area contributed by atoms with Crippen molar-refractivity contribution in [3.05, 3.63) is 71.8 Å². The molecule has 0 aliphatic carbocycles. The monoisotopic (exact) mass is 372 g/mol. The molecule has 1 aliphatic heterocycles. The van der Waals surface area contributed by atoms with Crippen molar-refractivity contribution >= 4 is 15.7 Å². The van der Waals surface area contributed by atoms with Crippen LogP contribution in [0.4, 0.5) is 0 Å². The van der Waals surface area contributed by atoms with Gasteiger partial charge in [0.25, 0.3) is 0 Å². The van der Waals surface area contributed by atoms with Gasteiger partial charge in [-0.15, -0.1) is 0 Å². The molecular formula is C20H24N2O3S. The van der Waals surface area contributed by atoms with E-state index in [4.69, 9.17) is 0 Å². The number of hydrogen-bond acceptors (Lipinski definition) is 4. The highest BCUT2D eigenvalue weighted by Crippen LogP contribution is 2.27. The molecule has 6 heteroatoms. The summed E-state index contributed by atoms with van der Waals surface area (Å²) in [6.45, 7) is 0.199. The number of amides is 1. The summed E-state index contributed by atoms with van der Waals surface area (Å²) in [5.41, 5.74) is 2.22. The van der Waals surface area contributed by atoms with E-state index in [0.717, 1.165) is 11.1 Å². The van der Waals surface area contributed by atoms with E-state index in [-0.39, 0.29) is 36.0 Å². The van der Waals surface area contributed by atoms with Gasteiger partial charge in [-0.25, -0.2) is 8.42 Å². The molecule has 1 aliphatic rings. The Labute approximate surface area is 154 Å². The normalized spacial score (nSPS) is 19.0. The van der Waals surface area contributed by atoms with E-state index in [1.165, 1.54) is 0 Å². The first kappa shape index (κ1) is 18.6. The Balaban J connectivity index is 1.72. The molecule has 0 unspecified atom stereocenters. The van der Waals surface area contributed by atoms with Crippen LogP contribution in [-0.4, -0.2) is 50.4 Å². The van der Waals surface area contributed by atoms with E-state index in [9.17, 15) is 13.2 Å². The van der Waals surface area contributed by atoms with Crippen molar-refractivity contribution in [3.63, 3.8) is 0 Å². The van der Waals surface area contributed by atoms with Crippen molar-refractivity contribution in [1.82, 2.24) is 10.2 Å². The molecule has 0 radical (unpaired) electrons. The Kier molecular flexibility index (Phi) is 5.74. The van der Waals surface area contributed by atoms with Crippen molar-refractivity contribution in [2.75, 3.05) is 25.1 Å². The van der Waals surface area contributed by atoms with Gasteiger partial charge >= 0.3 is 0 Å². The summed E-state index contributed by atoms with van der Waals surface area (Å²) in [7, 11) is -1.09. The molecular weight excluding hydrogens is 348 g/mol. The zero-order chi connectivity index (χ0) is 18.6. The fourth-order valence-electron chi connectivity index (χ4n) is 3.47. The third-order valence-corrected chi connectivity index (χ3v) is 6.43. The standard InChI is InChI=1S/C20H24N2O3S/c1-22(14-19(23)21-18-12-13-26(24,25)15-18)20(16-8-4-2-5-9-16)17-10-6-3-7-11-17/h2-11,18,20H,12-15H2,1H3,(H,21,23)/t18-/m0/s1. The molecule has 1 N–H and O–H groups in total. The summed E-state index contributed by atoms with van der Waals surface area (Å²) in [5.74, 6) is 0.0553. The van der Waals surface area contributed by atoms with Crippen LogP contribution in [0.3, 0.4) is 0 Å². The Morgan fingerprint density at radius 3 is 2.08 bits per heavy atom. The van der Waals surface area contributed by atoms with Gasteiger partial charge in [-0.1, -0.05) is 60.7 Å². The maximum Gasteiger partial charge on any atom is 0.234 e. The van der Waals surface area contributed by atoms with Gasteiger partial charge in [0.05, 0.1) is 24.1 Å². The number of rotatable bonds is 6. The second kappa shape index (κ2) is 8.01. The average molecular weight is 372 g/mol. The van der Waals surface area contributed by atoms with Gasteiger partial charge in [0, 0.05) is 6.04 Å². The molecule has 1 fully saturated rings. The average Bonchev–Trinajstić information content (AvgIpc) is 2.95. The van der Waals surface area contributed by atoms with E-state index >= 15 is 0 Å². The van der Waals surface area contributed by atoms with Crippen LogP contribution in [0, 0.1) is 0 Å². The Bertz CT molecular complexity index is 798. The lowest BCUT2D eigenvalue weighted by atomic mass is 9.97. The molecule has 1 atom stereocenters. The molecule has 5 nitrogen and oxygen atoms in total. The molecule has 0 bridgehead atoms. The van der Waals surface area contributed by atoms with E-state index in [1.807, 2.05) is 48.3 Å². The zero-order valence-corrected chi connectivity index (χ0v) is 15.7. The number of carbonyl (C=O) groups is 1. The fourth-order valence-corrected chi connectivity index (χ4v) is 5.15. The lowest BCUT2D eigenvalue weighted by molar-refractivity contribution is -0.122. The molecule has 0 aromatic heterocycles. The summed E-state index contributed by atoms with van der Waals surface area (Å²) in [6.07, 6.45) is 0.499. The summed E-state index contributed by atoms with van der Waals surface area (Å²) in [6, 6.07) is 19.8. The predicted octanol–water partition coefficient (Wildman–Crippen LogP) is 2.01. The van der Waals surface area contributed by atoms with Crippen LogP contribution in [0.2, 0.25) is 0 Å². The van der Waals surface area contributed by atoms with Gasteiger partial charge in [0.1, 0.15) is 0 Å². The summed E-state index contributed by atoms with van der Waals surface area (Å²) < 4.78 is 23.1. The van der Waals surface area contributed by atoms with Crippen molar-refractivity contribution in [2.24, 2.45) is 0 Å². The molecule has 2 aromatic carbocycles. The molecule has 2 aromatic rings. The van der Waals surface area contributed by atoms with E-state index in [2.05, 4.69) is 29.6 Å². The zero-order valence-electron chi connectivity index (χ0n) is 14.8. The number of likely N-dealkylation sites (N-methyl/N-ethyl adjacent to an activating group) is 1. The minimum atomic E-state index is -3.00. The van der Waals surface area contributed by atoms with Crippen LogP contribution in [0.1, 0.15) is 23.6 Å². The number of nitrogens with one attached hydrogen (secondary N) is 1. The smallest absolute Gasteiger partial charge is 0.234 e. The van der Waals surface area contributed by atoms with Crippen LogP contribution in [0.5, 0.6) is 0 Å². The first-order chi connectivity index (χ1) is 12.4. The highest BCUT2D eigenvalue weighted by atomic mass is 32.2. The lowest BCUT2D eigenvalue weighted by Crippen LogP contribution is -2.42. The molecule has 1 amide bonds. The Morgan fingerprint density at radius 2 is 1.62 bits per heavy atom. The van der Waals surface area contributed by atoms with Crippen LogP contribution in [0.25, 0.3) is 0 Å². The number of nitrogens with zero attached hydrogens (tertiary/aromatic N) is 1. The first-order valence-electron chi connectivity index (χ1n) is 8.74. The SMILES string of the molecule is CN(CC(=O)N[C@H]1CCS(=O)(=O)C1)C(c1ccccc1)c1ccccc1. The topological polar surface area (TPSA) is 66.5 Å². The van der Waals surface area contributed by atoms with E-state index in [1.54, 1.807) is 0 Å². The number of carbonyl (C=O) groups excluding carboxylic acids is 1. The second-order valence-electron chi connectivity index (χ2n) is 6.81. The number of hydrogen-bond donors (Lipinski definition) is 1. The van der Waals surface area contributed by atoms with E-state index in [0.29, 0.717) is 6.42 Å². The summed E-state index contributed by atoms with van der Waals surface area (Å²) in [5, 5.41) is 2.86. The Hall–Kier alpha value is -2.18. The second-order valence-corrected chi connectivity index (χ2v) is 9.04. The molecule has 138 valence electrons. The largest absolute Gasteiger partial charge is 0.351 e. The number of sulfone groups is 1. The highest BCUT2D eigenvalue weighted by Gasteiger charge is 2.29. The molecule has 0 spiro atoms. The summed E-state index contributed by atoms with van der Waals surface area (Å²) >= 11 is 0. The van der Waals surface area contributed by atoms with Crippen LogP contribution < -0.4 is 5.32 Å². The predicted molar refractivity (Wildman–Crippen MR) is 103 cm³/mol. The first-order valence-corrected chi connectivity index (χ1v) is 10.6. The van der Waals surface area contributed by atoms with Crippen molar-refractivity contribution in [3.8, 4) is 0 Å². The third-order valence-electron chi connectivity index (χ3n) is 4.66. The van der Waals surface area contributed by atoms with Gasteiger partial charge in [-0.2, -0.15) is 0 Å². The molecule has 26 heavy (non-hydrogen) atoms. The van der Waals surface area contributed by atoms with Crippen molar-refractivity contribution < 1.29 is 13.2 Å². The fraction of sp³-hybridized carbons (Fsp3) is 0.350. The van der Waals surface area contributed by atoms with Crippen molar-refractivity contribution in [1.29, 1.82) is 0 Å². The highest BCUT2D eigenvalue weighted by molar-refractivity contribution is 7.91. The van der Waals surface area contributed by atoms with Gasteiger partial charge in [0.15, 0.2) is 9.84 Å².